The molecule has 1 heterocycles. The zero-order chi connectivity index (χ0) is 22.1. The first-order chi connectivity index (χ1) is 14.9. The normalized spacial score (nSPS) is 13.7. The van der Waals surface area contributed by atoms with E-state index in [1.165, 1.54) is 4.90 Å². The van der Waals surface area contributed by atoms with E-state index in [0.29, 0.717) is 28.3 Å². The lowest BCUT2D eigenvalue weighted by Gasteiger charge is -2.18. The lowest BCUT2D eigenvalue weighted by molar-refractivity contribution is -0.120. The zero-order valence-corrected chi connectivity index (χ0v) is 18.0. The van der Waals surface area contributed by atoms with Crippen LogP contribution in [0.25, 0.3) is 5.57 Å². The topological polar surface area (TPSA) is 58.6 Å². The standard InChI is InChI=1S/C26H24N2O3/c1-16-8-11-19(12-9-16)23-24(27-20-6-5-7-21(15-20)31-4)26(30)28(25(23)29)22-13-10-17(2)14-18(22)3/h5-15,27H,1-4H3. The van der Waals surface area contributed by atoms with Gasteiger partial charge >= 0.3 is 0 Å². The maximum atomic E-state index is 13.5. The van der Waals surface area contributed by atoms with Crippen molar-refractivity contribution >= 4 is 28.8 Å². The average molecular weight is 412 g/mol. The highest BCUT2D eigenvalue weighted by molar-refractivity contribution is 6.46. The Morgan fingerprint density at radius 3 is 2.19 bits per heavy atom. The van der Waals surface area contributed by atoms with Gasteiger partial charge in [-0.05, 0) is 50.1 Å². The number of ether oxygens (including phenoxy) is 1. The van der Waals surface area contributed by atoms with Gasteiger partial charge in [-0.15, -0.1) is 0 Å². The number of amides is 2. The van der Waals surface area contributed by atoms with Crippen LogP contribution in [0.1, 0.15) is 22.3 Å². The third kappa shape index (κ3) is 3.82. The van der Waals surface area contributed by atoms with Crippen molar-refractivity contribution in [3.63, 3.8) is 0 Å². The molecule has 0 spiro atoms. The zero-order valence-electron chi connectivity index (χ0n) is 18.0. The summed E-state index contributed by atoms with van der Waals surface area (Å²) in [6, 6.07) is 20.6. The molecule has 2 amide bonds. The molecule has 0 fully saturated rings. The van der Waals surface area contributed by atoms with E-state index in [4.69, 9.17) is 4.74 Å². The molecule has 0 aliphatic carbocycles. The number of nitrogens with zero attached hydrogens (tertiary/aromatic N) is 1. The van der Waals surface area contributed by atoms with Crippen LogP contribution >= 0.6 is 0 Å². The van der Waals surface area contributed by atoms with E-state index < -0.39 is 0 Å². The lowest BCUT2D eigenvalue weighted by atomic mass is 10.0. The van der Waals surface area contributed by atoms with Crippen LogP contribution in [0, 0.1) is 20.8 Å². The number of hydrogen-bond donors (Lipinski definition) is 1. The highest BCUT2D eigenvalue weighted by Gasteiger charge is 2.40. The Morgan fingerprint density at radius 2 is 1.52 bits per heavy atom. The largest absolute Gasteiger partial charge is 0.497 e. The highest BCUT2D eigenvalue weighted by atomic mass is 16.5. The van der Waals surface area contributed by atoms with Crippen LogP contribution in [0.4, 0.5) is 11.4 Å². The summed E-state index contributed by atoms with van der Waals surface area (Å²) in [5.74, 6) is -0.0629. The summed E-state index contributed by atoms with van der Waals surface area (Å²) < 4.78 is 5.29. The molecule has 4 rings (SSSR count). The quantitative estimate of drug-likeness (QED) is 0.598. The van der Waals surface area contributed by atoms with Crippen molar-refractivity contribution in [2.24, 2.45) is 0 Å². The molecule has 0 aromatic heterocycles. The number of carbonyl (C=O) groups is 2. The van der Waals surface area contributed by atoms with Crippen LogP contribution in [-0.2, 0) is 9.59 Å². The van der Waals surface area contributed by atoms with Gasteiger partial charge in [-0.3, -0.25) is 9.59 Å². The van der Waals surface area contributed by atoms with Gasteiger partial charge < -0.3 is 10.1 Å². The molecule has 1 aliphatic heterocycles. The lowest BCUT2D eigenvalue weighted by Crippen LogP contribution is -2.33. The van der Waals surface area contributed by atoms with Crippen LogP contribution in [-0.4, -0.2) is 18.9 Å². The highest BCUT2D eigenvalue weighted by Crippen LogP contribution is 2.35. The Labute approximate surface area is 182 Å². The van der Waals surface area contributed by atoms with Gasteiger partial charge in [0.15, 0.2) is 0 Å². The monoisotopic (exact) mass is 412 g/mol. The van der Waals surface area contributed by atoms with Crippen LogP contribution in [0.15, 0.2) is 72.4 Å². The molecule has 1 aliphatic rings. The van der Waals surface area contributed by atoms with Crippen molar-refractivity contribution in [3.05, 3.63) is 94.7 Å². The maximum Gasteiger partial charge on any atom is 0.282 e. The maximum absolute atomic E-state index is 13.5. The third-order valence-corrected chi connectivity index (χ3v) is 5.36. The number of benzene rings is 3. The molecule has 156 valence electrons. The minimum absolute atomic E-state index is 0.252. The molecule has 0 unspecified atom stereocenters. The summed E-state index contributed by atoms with van der Waals surface area (Å²) in [7, 11) is 1.59. The van der Waals surface area contributed by atoms with Crippen molar-refractivity contribution in [3.8, 4) is 5.75 Å². The number of nitrogens with one attached hydrogen (secondary N) is 1. The van der Waals surface area contributed by atoms with E-state index in [2.05, 4.69) is 5.32 Å². The van der Waals surface area contributed by atoms with E-state index in [1.807, 2.05) is 81.4 Å². The molecule has 31 heavy (non-hydrogen) atoms. The fourth-order valence-electron chi connectivity index (χ4n) is 3.75. The van der Waals surface area contributed by atoms with Crippen molar-refractivity contribution in [2.75, 3.05) is 17.3 Å². The van der Waals surface area contributed by atoms with Gasteiger partial charge in [0.25, 0.3) is 11.8 Å². The van der Waals surface area contributed by atoms with E-state index in [-0.39, 0.29) is 17.5 Å². The predicted molar refractivity (Wildman–Crippen MR) is 123 cm³/mol. The minimum Gasteiger partial charge on any atom is -0.497 e. The number of anilines is 2. The first kappa shape index (κ1) is 20.4. The third-order valence-electron chi connectivity index (χ3n) is 5.36. The number of carbonyl (C=O) groups excluding carboxylic acids is 2. The average Bonchev–Trinajstić information content (AvgIpc) is 2.99. The SMILES string of the molecule is COc1cccc(NC2=C(c3ccc(C)cc3)C(=O)N(c3ccc(C)cc3C)C2=O)c1. The number of aryl methyl sites for hydroxylation is 3. The van der Waals surface area contributed by atoms with Crippen molar-refractivity contribution < 1.29 is 14.3 Å². The Bertz CT molecular complexity index is 1210. The summed E-state index contributed by atoms with van der Waals surface area (Å²) in [4.78, 5) is 28.3. The van der Waals surface area contributed by atoms with Gasteiger partial charge in [-0.25, -0.2) is 4.90 Å². The Morgan fingerprint density at radius 1 is 0.806 bits per heavy atom. The van der Waals surface area contributed by atoms with Crippen molar-refractivity contribution in [2.45, 2.75) is 20.8 Å². The summed E-state index contributed by atoms with van der Waals surface area (Å²) in [5, 5.41) is 3.18. The number of hydrogen-bond acceptors (Lipinski definition) is 4. The molecule has 5 heteroatoms. The molecule has 0 saturated carbocycles. The molecular formula is C26H24N2O3. The number of rotatable bonds is 5. The second-order valence-electron chi connectivity index (χ2n) is 7.71. The van der Waals surface area contributed by atoms with Crippen LogP contribution in [0.3, 0.4) is 0 Å². The summed E-state index contributed by atoms with van der Waals surface area (Å²) >= 11 is 0. The molecule has 0 saturated heterocycles. The van der Waals surface area contributed by atoms with Gasteiger partial charge in [0, 0.05) is 11.8 Å². The van der Waals surface area contributed by atoms with Gasteiger partial charge in [-0.2, -0.15) is 0 Å². The molecule has 1 N–H and O–H groups in total. The Kier molecular flexibility index (Phi) is 5.34. The summed E-state index contributed by atoms with van der Waals surface area (Å²) in [6.07, 6.45) is 0. The summed E-state index contributed by atoms with van der Waals surface area (Å²) in [5.41, 5.74) is 5.58. The molecule has 0 radical (unpaired) electrons. The Balaban J connectivity index is 1.83. The van der Waals surface area contributed by atoms with Crippen LogP contribution < -0.4 is 15.0 Å². The number of methoxy groups -OCH3 is 1. The molecular weight excluding hydrogens is 388 g/mol. The number of imide groups is 1. The fourth-order valence-corrected chi connectivity index (χ4v) is 3.75. The second-order valence-corrected chi connectivity index (χ2v) is 7.71. The second kappa shape index (κ2) is 8.11. The smallest absolute Gasteiger partial charge is 0.282 e. The first-order valence-corrected chi connectivity index (χ1v) is 10.1. The van der Waals surface area contributed by atoms with Gasteiger partial charge in [0.05, 0.1) is 18.4 Å². The summed E-state index contributed by atoms with van der Waals surface area (Å²) in [6.45, 7) is 5.87. The van der Waals surface area contributed by atoms with Crippen molar-refractivity contribution in [1.29, 1.82) is 0 Å². The molecule has 0 atom stereocenters. The fraction of sp³-hybridized carbons (Fsp3) is 0.154. The van der Waals surface area contributed by atoms with Gasteiger partial charge in [-0.1, -0.05) is 53.6 Å². The van der Waals surface area contributed by atoms with Crippen LogP contribution in [0.5, 0.6) is 5.75 Å². The molecule has 5 nitrogen and oxygen atoms in total. The molecule has 3 aromatic rings. The molecule has 0 bridgehead atoms. The van der Waals surface area contributed by atoms with E-state index >= 15 is 0 Å². The predicted octanol–water partition coefficient (Wildman–Crippen LogP) is 5.02. The van der Waals surface area contributed by atoms with E-state index in [9.17, 15) is 9.59 Å². The molecule has 3 aromatic carbocycles. The van der Waals surface area contributed by atoms with E-state index in [1.54, 1.807) is 13.2 Å². The first-order valence-electron chi connectivity index (χ1n) is 10.1. The minimum atomic E-state index is -0.379. The van der Waals surface area contributed by atoms with E-state index in [0.717, 1.165) is 16.7 Å². The Hall–Kier alpha value is -3.86. The van der Waals surface area contributed by atoms with Crippen LogP contribution in [0.2, 0.25) is 0 Å². The van der Waals surface area contributed by atoms with Gasteiger partial charge in [0.2, 0.25) is 0 Å². The van der Waals surface area contributed by atoms with Gasteiger partial charge in [0.1, 0.15) is 11.4 Å². The van der Waals surface area contributed by atoms with Crippen molar-refractivity contribution in [1.82, 2.24) is 0 Å².